The van der Waals surface area contributed by atoms with Gasteiger partial charge in [0.05, 0.1) is 4.90 Å². The van der Waals surface area contributed by atoms with E-state index in [4.69, 9.17) is 0 Å². The van der Waals surface area contributed by atoms with Crippen LogP contribution in [0, 0.1) is 5.92 Å². The van der Waals surface area contributed by atoms with E-state index < -0.39 is 10.0 Å². The first kappa shape index (κ1) is 16.9. The van der Waals surface area contributed by atoms with Crippen molar-refractivity contribution in [3.63, 3.8) is 0 Å². The largest absolute Gasteiger partial charge is 0.326 e. The van der Waals surface area contributed by atoms with Crippen molar-refractivity contribution in [2.45, 2.75) is 24.7 Å². The number of rotatable bonds is 5. The van der Waals surface area contributed by atoms with Gasteiger partial charge in [-0.15, -0.1) is 0 Å². The third kappa shape index (κ3) is 4.79. The fourth-order valence-corrected chi connectivity index (χ4v) is 3.61. The van der Waals surface area contributed by atoms with Gasteiger partial charge < -0.3 is 10.2 Å². The van der Waals surface area contributed by atoms with Gasteiger partial charge in [-0.05, 0) is 63.2 Å². The first-order valence-electron chi connectivity index (χ1n) is 7.43. The van der Waals surface area contributed by atoms with E-state index in [0.29, 0.717) is 18.2 Å². The number of nitrogens with zero attached hydrogens (tertiary/aromatic N) is 1. The average molecular weight is 325 g/mol. The van der Waals surface area contributed by atoms with E-state index in [0.717, 1.165) is 25.9 Å². The molecule has 2 rings (SSSR count). The van der Waals surface area contributed by atoms with Crippen molar-refractivity contribution in [3.05, 3.63) is 24.3 Å². The van der Waals surface area contributed by atoms with E-state index in [-0.39, 0.29) is 10.8 Å². The zero-order chi connectivity index (χ0) is 16.2. The van der Waals surface area contributed by atoms with Crippen molar-refractivity contribution in [1.29, 1.82) is 0 Å². The smallest absolute Gasteiger partial charge is 0.240 e. The summed E-state index contributed by atoms with van der Waals surface area (Å²) in [6, 6.07) is 6.18. The monoisotopic (exact) mass is 325 g/mol. The second-order valence-corrected chi connectivity index (χ2v) is 7.57. The van der Waals surface area contributed by atoms with E-state index in [1.165, 1.54) is 19.1 Å². The van der Waals surface area contributed by atoms with Gasteiger partial charge in [-0.25, -0.2) is 13.1 Å². The quantitative estimate of drug-likeness (QED) is 0.854. The van der Waals surface area contributed by atoms with E-state index in [9.17, 15) is 13.2 Å². The van der Waals surface area contributed by atoms with Gasteiger partial charge in [0, 0.05) is 19.2 Å². The predicted molar refractivity (Wildman–Crippen MR) is 86.2 cm³/mol. The molecule has 1 saturated heterocycles. The van der Waals surface area contributed by atoms with Crippen molar-refractivity contribution < 1.29 is 13.2 Å². The Morgan fingerprint density at radius 2 is 1.82 bits per heavy atom. The molecule has 122 valence electrons. The molecule has 1 fully saturated rings. The fourth-order valence-electron chi connectivity index (χ4n) is 2.50. The summed E-state index contributed by atoms with van der Waals surface area (Å²) in [4.78, 5) is 13.4. The normalized spacial score (nSPS) is 17.4. The highest BCUT2D eigenvalue weighted by Crippen LogP contribution is 2.17. The minimum atomic E-state index is -3.49. The van der Waals surface area contributed by atoms with Crippen molar-refractivity contribution in [2.75, 3.05) is 32.0 Å². The molecule has 0 spiro atoms. The van der Waals surface area contributed by atoms with Gasteiger partial charge in [0.1, 0.15) is 0 Å². The zero-order valence-electron chi connectivity index (χ0n) is 13.0. The van der Waals surface area contributed by atoms with Gasteiger partial charge in [0.25, 0.3) is 0 Å². The second-order valence-electron chi connectivity index (χ2n) is 5.80. The Balaban J connectivity index is 1.93. The van der Waals surface area contributed by atoms with E-state index >= 15 is 0 Å². The van der Waals surface area contributed by atoms with Gasteiger partial charge in [-0.1, -0.05) is 0 Å². The van der Waals surface area contributed by atoms with Gasteiger partial charge in [-0.2, -0.15) is 0 Å². The Bertz CT molecular complexity index is 605. The molecular weight excluding hydrogens is 302 g/mol. The summed E-state index contributed by atoms with van der Waals surface area (Å²) >= 11 is 0. The third-order valence-electron chi connectivity index (χ3n) is 3.89. The number of amides is 1. The Morgan fingerprint density at radius 1 is 1.23 bits per heavy atom. The van der Waals surface area contributed by atoms with Gasteiger partial charge in [-0.3, -0.25) is 4.79 Å². The Kier molecular flexibility index (Phi) is 5.55. The summed E-state index contributed by atoms with van der Waals surface area (Å²) in [5, 5.41) is 2.61. The minimum Gasteiger partial charge on any atom is -0.326 e. The molecule has 22 heavy (non-hydrogen) atoms. The molecule has 0 unspecified atom stereocenters. The Labute approximate surface area is 131 Å². The number of benzene rings is 1. The molecule has 1 aliphatic rings. The van der Waals surface area contributed by atoms with E-state index in [1.807, 2.05) is 0 Å². The van der Waals surface area contributed by atoms with Crippen LogP contribution in [0.2, 0.25) is 0 Å². The first-order valence-corrected chi connectivity index (χ1v) is 8.91. The molecule has 6 nitrogen and oxygen atoms in total. The predicted octanol–water partition coefficient (Wildman–Crippen LogP) is 1.27. The molecular formula is C15H23N3O3S. The lowest BCUT2D eigenvalue weighted by molar-refractivity contribution is -0.114. The van der Waals surface area contributed by atoms with Crippen LogP contribution in [0.15, 0.2) is 29.2 Å². The lowest BCUT2D eigenvalue weighted by Crippen LogP contribution is -2.36. The van der Waals surface area contributed by atoms with Crippen LogP contribution in [-0.4, -0.2) is 45.9 Å². The zero-order valence-corrected chi connectivity index (χ0v) is 13.8. The molecule has 1 aliphatic heterocycles. The van der Waals surface area contributed by atoms with Crippen LogP contribution in [0.4, 0.5) is 5.69 Å². The maximum Gasteiger partial charge on any atom is 0.240 e. The van der Waals surface area contributed by atoms with Crippen molar-refractivity contribution in [3.8, 4) is 0 Å². The first-order chi connectivity index (χ1) is 10.4. The maximum atomic E-state index is 12.3. The molecule has 0 atom stereocenters. The summed E-state index contributed by atoms with van der Waals surface area (Å²) in [6.45, 7) is 3.91. The van der Waals surface area contributed by atoms with E-state index in [1.54, 1.807) is 12.1 Å². The number of anilines is 1. The van der Waals surface area contributed by atoms with Crippen molar-refractivity contribution >= 4 is 21.6 Å². The molecule has 1 aromatic carbocycles. The van der Waals surface area contributed by atoms with Crippen LogP contribution < -0.4 is 10.0 Å². The topological polar surface area (TPSA) is 78.5 Å². The molecule has 1 aromatic rings. The standard InChI is InChI=1S/C15H23N3O3S/c1-12(19)17-14-3-5-15(6-4-14)22(20,21)16-11-13-7-9-18(2)10-8-13/h3-6,13,16H,7-11H2,1-2H3,(H,17,19). The van der Waals surface area contributed by atoms with Crippen LogP contribution >= 0.6 is 0 Å². The number of hydrogen-bond donors (Lipinski definition) is 2. The van der Waals surface area contributed by atoms with Gasteiger partial charge in [0.15, 0.2) is 0 Å². The van der Waals surface area contributed by atoms with Gasteiger partial charge in [0.2, 0.25) is 15.9 Å². The second kappa shape index (κ2) is 7.21. The van der Waals surface area contributed by atoms with Crippen LogP contribution in [-0.2, 0) is 14.8 Å². The highest BCUT2D eigenvalue weighted by atomic mass is 32.2. The highest BCUT2D eigenvalue weighted by Gasteiger charge is 2.20. The molecule has 2 N–H and O–H groups in total. The van der Waals surface area contributed by atoms with Crippen LogP contribution in [0.3, 0.4) is 0 Å². The Hall–Kier alpha value is -1.44. The van der Waals surface area contributed by atoms with Gasteiger partial charge >= 0.3 is 0 Å². The lowest BCUT2D eigenvalue weighted by Gasteiger charge is -2.28. The maximum absolute atomic E-state index is 12.3. The summed E-state index contributed by atoms with van der Waals surface area (Å²) in [6.07, 6.45) is 2.03. The average Bonchev–Trinajstić information content (AvgIpc) is 2.47. The molecule has 1 heterocycles. The number of likely N-dealkylation sites (tertiary alicyclic amines) is 1. The summed E-state index contributed by atoms with van der Waals surface area (Å²) in [5.74, 6) is 0.209. The van der Waals surface area contributed by atoms with Crippen molar-refractivity contribution in [2.24, 2.45) is 5.92 Å². The molecule has 0 bridgehead atoms. The third-order valence-corrected chi connectivity index (χ3v) is 5.32. The molecule has 0 aromatic heterocycles. The fraction of sp³-hybridized carbons (Fsp3) is 0.533. The summed E-state index contributed by atoms with van der Waals surface area (Å²) in [5.41, 5.74) is 0.585. The highest BCUT2D eigenvalue weighted by molar-refractivity contribution is 7.89. The SMILES string of the molecule is CC(=O)Nc1ccc(S(=O)(=O)NCC2CCN(C)CC2)cc1. The number of sulfonamides is 1. The van der Waals surface area contributed by atoms with Crippen LogP contribution in [0.5, 0.6) is 0 Å². The molecule has 0 saturated carbocycles. The number of carbonyl (C=O) groups is 1. The summed E-state index contributed by atoms with van der Waals surface area (Å²) in [7, 11) is -1.41. The Morgan fingerprint density at radius 3 is 2.36 bits per heavy atom. The molecule has 7 heteroatoms. The molecule has 1 amide bonds. The van der Waals surface area contributed by atoms with Crippen LogP contribution in [0.1, 0.15) is 19.8 Å². The van der Waals surface area contributed by atoms with E-state index in [2.05, 4.69) is 22.0 Å². The number of nitrogens with one attached hydrogen (secondary N) is 2. The number of piperidine rings is 1. The molecule has 0 aliphatic carbocycles. The number of hydrogen-bond acceptors (Lipinski definition) is 4. The minimum absolute atomic E-state index is 0.184. The van der Waals surface area contributed by atoms with Crippen LogP contribution in [0.25, 0.3) is 0 Å². The van der Waals surface area contributed by atoms with Crippen molar-refractivity contribution in [1.82, 2.24) is 9.62 Å². The summed E-state index contributed by atoms with van der Waals surface area (Å²) < 4.78 is 27.2. The lowest BCUT2D eigenvalue weighted by atomic mass is 9.98. The molecule has 0 radical (unpaired) electrons. The number of carbonyl (C=O) groups excluding carboxylic acids is 1.